The predicted octanol–water partition coefficient (Wildman–Crippen LogP) is 19.5. The van der Waals surface area contributed by atoms with E-state index in [4.69, 9.17) is 9.05 Å². The Balaban J connectivity index is 4.19. The maximum Gasteiger partial charge on any atom is 0.268 e. The van der Waals surface area contributed by atoms with Crippen molar-refractivity contribution in [1.29, 1.82) is 0 Å². The summed E-state index contributed by atoms with van der Waals surface area (Å²) < 4.78 is 23.4. The van der Waals surface area contributed by atoms with E-state index in [9.17, 15) is 19.4 Å². The molecule has 1 amide bonds. The number of carbonyl (C=O) groups excluding carboxylic acids is 1. The van der Waals surface area contributed by atoms with Gasteiger partial charge in [0.15, 0.2) is 0 Å². The van der Waals surface area contributed by atoms with Crippen molar-refractivity contribution in [2.45, 2.75) is 289 Å². The Morgan fingerprint density at radius 1 is 0.468 bits per heavy atom. The van der Waals surface area contributed by atoms with Crippen LogP contribution >= 0.6 is 7.82 Å². The highest BCUT2D eigenvalue weighted by molar-refractivity contribution is 7.45. The molecule has 9 heteroatoms. The van der Waals surface area contributed by atoms with Gasteiger partial charge in [0.2, 0.25) is 5.91 Å². The molecule has 0 aliphatic rings. The molecule has 0 aromatic heterocycles. The summed E-state index contributed by atoms with van der Waals surface area (Å²) in [4.78, 5) is 25.6. The van der Waals surface area contributed by atoms with Crippen LogP contribution in [-0.2, 0) is 18.4 Å². The second-order valence-corrected chi connectivity index (χ2v) is 24.1. The van der Waals surface area contributed by atoms with Crippen LogP contribution in [0.1, 0.15) is 277 Å². The standard InChI is InChI=1S/C68H123N2O6P/c1-6-8-10-12-14-16-18-20-22-24-26-28-30-32-33-34-35-36-37-38-40-42-44-46-48-50-52-54-56-58-60-62-68(72)69-66(65-76-77(73,74)75-64-63-70(3,4)5)67(71)61-59-57-55-53-51-49-47-45-43-41-39-31-29-27-25-23-21-19-17-15-13-11-9-7-2/h8,10,14,16,20,22,26,28,32-33,35-36,38,40,59,61,66-67,71H,6-7,9,11-13,15,17-19,21,23-25,27,29-31,34,37,39,41-58,60,62-65H2,1-5H3,(H-,69,72,73,74)/b10-8-,16-14-,22-20-,28-26-,33-32-,36-35-,40-38-,61-59+. The Bertz CT molecular complexity index is 1570. The number of aliphatic hydroxyl groups is 1. The molecule has 2 N–H and O–H groups in total. The fraction of sp³-hybridized carbons (Fsp3) is 0.750. The average Bonchev–Trinajstić information content (AvgIpc) is 3.39. The molecule has 0 saturated heterocycles. The summed E-state index contributed by atoms with van der Waals surface area (Å²) in [6.07, 6.45) is 83.5. The van der Waals surface area contributed by atoms with Gasteiger partial charge >= 0.3 is 0 Å². The first kappa shape index (κ1) is 74.4. The summed E-state index contributed by atoms with van der Waals surface area (Å²) in [5, 5.41) is 13.9. The van der Waals surface area contributed by atoms with Gasteiger partial charge in [0.25, 0.3) is 7.82 Å². The molecule has 8 nitrogen and oxygen atoms in total. The lowest BCUT2D eigenvalue weighted by Gasteiger charge is -2.29. The van der Waals surface area contributed by atoms with Crippen molar-refractivity contribution in [3.05, 3.63) is 97.2 Å². The van der Waals surface area contributed by atoms with Gasteiger partial charge in [-0.15, -0.1) is 0 Å². The molecule has 0 heterocycles. The minimum Gasteiger partial charge on any atom is -0.756 e. The van der Waals surface area contributed by atoms with Crippen LogP contribution in [0.5, 0.6) is 0 Å². The second kappa shape index (κ2) is 58.1. The molecule has 0 aromatic carbocycles. The fourth-order valence-corrected chi connectivity index (χ4v) is 9.80. The third-order valence-corrected chi connectivity index (χ3v) is 15.0. The molecule has 0 rings (SSSR count). The molecule has 0 aliphatic carbocycles. The molecule has 0 radical (unpaired) electrons. The maximum atomic E-state index is 13.0. The highest BCUT2D eigenvalue weighted by atomic mass is 31.2. The van der Waals surface area contributed by atoms with Crippen LogP contribution in [-0.4, -0.2) is 68.5 Å². The first-order valence-corrected chi connectivity index (χ1v) is 33.6. The van der Waals surface area contributed by atoms with E-state index in [1.165, 1.54) is 167 Å². The molecule has 3 atom stereocenters. The topological polar surface area (TPSA) is 108 Å². The summed E-state index contributed by atoms with van der Waals surface area (Å²) in [5.41, 5.74) is 0. The SMILES string of the molecule is CC/C=C\C/C=C\C/C=C\C/C=C\C/C=C\C/C=C\C/C=C\CCCCCCCCCCCC(=O)NC(COP(=O)([O-])OCC[N+](C)(C)C)C(O)/C=C/CCCCCCCCCCCCCCCCCCCCCCCC. The number of amides is 1. The van der Waals surface area contributed by atoms with Crippen LogP contribution in [0.2, 0.25) is 0 Å². The molecule has 0 bridgehead atoms. The Hall–Kier alpha value is -2.58. The number of hydrogen-bond donors (Lipinski definition) is 2. The molecule has 0 aliphatic heterocycles. The van der Waals surface area contributed by atoms with Crippen molar-refractivity contribution in [2.24, 2.45) is 0 Å². The number of likely N-dealkylation sites (N-methyl/N-ethyl adjacent to an activating group) is 1. The molecular formula is C68H123N2O6P. The molecule has 3 unspecified atom stereocenters. The van der Waals surface area contributed by atoms with Crippen molar-refractivity contribution in [2.75, 3.05) is 40.9 Å². The summed E-state index contributed by atoms with van der Waals surface area (Å²) in [5.74, 6) is -0.205. The van der Waals surface area contributed by atoms with E-state index >= 15 is 0 Å². The highest BCUT2D eigenvalue weighted by Crippen LogP contribution is 2.38. The number of nitrogens with zero attached hydrogens (tertiary/aromatic N) is 1. The molecular weight excluding hydrogens is 972 g/mol. The monoisotopic (exact) mass is 1090 g/mol. The molecule has 0 spiro atoms. The average molecular weight is 1100 g/mol. The zero-order valence-corrected chi connectivity index (χ0v) is 51.8. The van der Waals surface area contributed by atoms with E-state index in [2.05, 4.69) is 104 Å². The largest absolute Gasteiger partial charge is 0.756 e. The van der Waals surface area contributed by atoms with Crippen LogP contribution in [0.25, 0.3) is 0 Å². The Morgan fingerprint density at radius 2 is 0.792 bits per heavy atom. The van der Waals surface area contributed by atoms with Crippen molar-refractivity contribution in [3.63, 3.8) is 0 Å². The van der Waals surface area contributed by atoms with E-state index in [1.807, 2.05) is 27.2 Å². The quantitative estimate of drug-likeness (QED) is 0.0272. The van der Waals surface area contributed by atoms with Gasteiger partial charge in [0.1, 0.15) is 13.2 Å². The number of unbranched alkanes of at least 4 members (excludes halogenated alkanes) is 31. The third kappa shape index (κ3) is 60.9. The van der Waals surface area contributed by atoms with Gasteiger partial charge in [-0.3, -0.25) is 9.36 Å². The summed E-state index contributed by atoms with van der Waals surface area (Å²) in [6, 6.07) is -0.898. The number of aliphatic hydroxyl groups excluding tert-OH is 1. The van der Waals surface area contributed by atoms with Crippen LogP contribution in [0.4, 0.5) is 0 Å². The zero-order chi connectivity index (χ0) is 56.3. The molecule has 0 saturated carbocycles. The van der Waals surface area contributed by atoms with E-state index in [1.54, 1.807) is 6.08 Å². The second-order valence-electron chi connectivity index (χ2n) is 22.7. The number of phosphoric acid groups is 1. The number of hydrogen-bond acceptors (Lipinski definition) is 6. The number of allylic oxidation sites excluding steroid dienone is 15. The van der Waals surface area contributed by atoms with Crippen LogP contribution in [0.15, 0.2) is 97.2 Å². The smallest absolute Gasteiger partial charge is 0.268 e. The summed E-state index contributed by atoms with van der Waals surface area (Å²) >= 11 is 0. The van der Waals surface area contributed by atoms with Gasteiger partial charge in [0, 0.05) is 6.42 Å². The van der Waals surface area contributed by atoms with Crippen LogP contribution < -0.4 is 10.2 Å². The van der Waals surface area contributed by atoms with Gasteiger partial charge in [-0.1, -0.05) is 291 Å². The van der Waals surface area contributed by atoms with Gasteiger partial charge in [0.05, 0.1) is 39.9 Å². The lowest BCUT2D eigenvalue weighted by molar-refractivity contribution is -0.870. The third-order valence-electron chi connectivity index (χ3n) is 14.0. The van der Waals surface area contributed by atoms with E-state index < -0.39 is 20.0 Å². The lowest BCUT2D eigenvalue weighted by atomic mass is 10.0. The number of phosphoric ester groups is 1. The molecule has 446 valence electrons. The van der Waals surface area contributed by atoms with Crippen LogP contribution in [0.3, 0.4) is 0 Å². The van der Waals surface area contributed by atoms with E-state index in [0.29, 0.717) is 17.4 Å². The minimum atomic E-state index is -4.61. The van der Waals surface area contributed by atoms with Gasteiger partial charge in [-0.25, -0.2) is 0 Å². The van der Waals surface area contributed by atoms with E-state index in [-0.39, 0.29) is 19.1 Å². The normalized spacial score (nSPS) is 14.4. The maximum absolute atomic E-state index is 13.0. The lowest BCUT2D eigenvalue weighted by Crippen LogP contribution is -2.45. The van der Waals surface area contributed by atoms with Crippen molar-refractivity contribution in [3.8, 4) is 0 Å². The van der Waals surface area contributed by atoms with E-state index in [0.717, 1.165) is 89.9 Å². The predicted molar refractivity (Wildman–Crippen MR) is 334 cm³/mol. The molecule has 0 aromatic rings. The molecule has 0 fully saturated rings. The van der Waals surface area contributed by atoms with Gasteiger partial charge in [-0.2, -0.15) is 0 Å². The Kier molecular flexibility index (Phi) is 56.1. The summed E-state index contributed by atoms with van der Waals surface area (Å²) in [6.45, 7) is 4.55. The fourth-order valence-electron chi connectivity index (χ4n) is 9.08. The van der Waals surface area contributed by atoms with Crippen molar-refractivity contribution in [1.82, 2.24) is 5.32 Å². The molecule has 77 heavy (non-hydrogen) atoms. The number of nitrogens with one attached hydrogen (secondary N) is 1. The summed E-state index contributed by atoms with van der Waals surface area (Å²) in [7, 11) is 1.25. The zero-order valence-electron chi connectivity index (χ0n) is 50.9. The van der Waals surface area contributed by atoms with Gasteiger partial charge in [-0.05, 0) is 77.0 Å². The first-order valence-electron chi connectivity index (χ1n) is 32.1. The Labute approximate surface area is 477 Å². The number of quaternary nitrogens is 1. The van der Waals surface area contributed by atoms with Gasteiger partial charge < -0.3 is 28.8 Å². The van der Waals surface area contributed by atoms with Crippen LogP contribution in [0, 0.1) is 0 Å². The van der Waals surface area contributed by atoms with Crippen molar-refractivity contribution < 1.29 is 32.9 Å². The minimum absolute atomic E-state index is 0.00622. The Morgan fingerprint density at radius 3 is 1.16 bits per heavy atom. The first-order chi connectivity index (χ1) is 37.5. The highest BCUT2D eigenvalue weighted by Gasteiger charge is 2.23. The van der Waals surface area contributed by atoms with Crippen molar-refractivity contribution >= 4 is 13.7 Å². The number of carbonyl (C=O) groups is 1. The number of rotatable bonds is 58.